The first-order valence-corrected chi connectivity index (χ1v) is 11.2. The molecule has 0 radical (unpaired) electrons. The highest BCUT2D eigenvalue weighted by Crippen LogP contribution is 2.23. The Labute approximate surface area is 182 Å². The number of hydrogen-bond donors (Lipinski definition) is 0. The average molecular weight is 428 g/mol. The van der Waals surface area contributed by atoms with E-state index in [9.17, 15) is 14.4 Å². The molecule has 3 amide bonds. The second kappa shape index (κ2) is 9.89. The molecule has 0 spiro atoms. The molecule has 1 atom stereocenters. The Morgan fingerprint density at radius 3 is 2.47 bits per heavy atom. The minimum atomic E-state index is -0.169. The summed E-state index contributed by atoms with van der Waals surface area (Å²) in [7, 11) is 3.45. The van der Waals surface area contributed by atoms with Crippen molar-refractivity contribution in [2.24, 2.45) is 5.92 Å². The number of piperidine rings is 1. The molecular weight excluding hydrogens is 398 g/mol. The standard InChI is InChI=1S/C23H29N3O3S/c1-4-25(15-17-9-11-18(12-10-17)21(27)24(2)3)22(28)19-7-5-13-26(16-19)23(29)20-8-6-14-30-20/h6,8-12,14,19H,4-5,7,13,15-16H2,1-3H3. The van der Waals surface area contributed by atoms with Gasteiger partial charge in [-0.1, -0.05) is 18.2 Å². The van der Waals surface area contributed by atoms with Gasteiger partial charge in [0.1, 0.15) is 0 Å². The molecule has 0 bridgehead atoms. The quantitative estimate of drug-likeness (QED) is 0.710. The Balaban J connectivity index is 1.64. The van der Waals surface area contributed by atoms with Gasteiger partial charge in [0.25, 0.3) is 11.8 Å². The molecule has 1 aromatic heterocycles. The first-order valence-electron chi connectivity index (χ1n) is 10.3. The molecule has 1 unspecified atom stereocenters. The molecule has 0 N–H and O–H groups in total. The summed E-state index contributed by atoms with van der Waals surface area (Å²) in [4.78, 5) is 43.8. The van der Waals surface area contributed by atoms with Crippen molar-refractivity contribution in [2.75, 3.05) is 33.7 Å². The Kier molecular flexibility index (Phi) is 7.26. The smallest absolute Gasteiger partial charge is 0.263 e. The van der Waals surface area contributed by atoms with Gasteiger partial charge < -0.3 is 14.7 Å². The van der Waals surface area contributed by atoms with Gasteiger partial charge in [0.05, 0.1) is 10.8 Å². The van der Waals surface area contributed by atoms with E-state index in [0.29, 0.717) is 31.7 Å². The maximum atomic E-state index is 13.2. The molecule has 2 heterocycles. The van der Waals surface area contributed by atoms with E-state index in [1.165, 1.54) is 11.3 Å². The lowest BCUT2D eigenvalue weighted by Gasteiger charge is -2.34. The van der Waals surface area contributed by atoms with E-state index >= 15 is 0 Å². The van der Waals surface area contributed by atoms with Gasteiger partial charge in [-0.05, 0) is 48.9 Å². The summed E-state index contributed by atoms with van der Waals surface area (Å²) < 4.78 is 0. The van der Waals surface area contributed by atoms with Crippen molar-refractivity contribution in [1.29, 1.82) is 0 Å². The van der Waals surface area contributed by atoms with Crippen molar-refractivity contribution >= 4 is 29.1 Å². The lowest BCUT2D eigenvalue weighted by Crippen LogP contribution is -2.46. The number of amides is 3. The predicted molar refractivity (Wildman–Crippen MR) is 118 cm³/mol. The van der Waals surface area contributed by atoms with Gasteiger partial charge in [0.15, 0.2) is 0 Å². The molecule has 6 nitrogen and oxygen atoms in total. The highest BCUT2D eigenvalue weighted by molar-refractivity contribution is 7.12. The first kappa shape index (κ1) is 22.0. The second-order valence-electron chi connectivity index (χ2n) is 7.82. The Bertz CT molecular complexity index is 878. The second-order valence-corrected chi connectivity index (χ2v) is 8.76. The molecular formula is C23H29N3O3S. The van der Waals surface area contributed by atoms with Gasteiger partial charge in [-0.2, -0.15) is 0 Å². The zero-order valence-corrected chi connectivity index (χ0v) is 18.7. The van der Waals surface area contributed by atoms with Crippen molar-refractivity contribution in [3.05, 3.63) is 57.8 Å². The molecule has 160 valence electrons. The molecule has 0 saturated carbocycles. The van der Waals surface area contributed by atoms with Crippen LogP contribution in [0.1, 0.15) is 45.4 Å². The maximum absolute atomic E-state index is 13.2. The third kappa shape index (κ3) is 5.08. The minimum absolute atomic E-state index is 0.0201. The van der Waals surface area contributed by atoms with Gasteiger partial charge in [0, 0.05) is 45.8 Å². The number of thiophene rings is 1. The monoisotopic (exact) mass is 427 g/mol. The van der Waals surface area contributed by atoms with E-state index in [1.807, 2.05) is 46.4 Å². The van der Waals surface area contributed by atoms with Crippen molar-refractivity contribution < 1.29 is 14.4 Å². The van der Waals surface area contributed by atoms with Crippen LogP contribution in [0, 0.1) is 5.92 Å². The predicted octanol–water partition coefficient (Wildman–Crippen LogP) is 3.35. The number of nitrogens with zero attached hydrogens (tertiary/aromatic N) is 3. The normalized spacial score (nSPS) is 16.2. The number of likely N-dealkylation sites (tertiary alicyclic amines) is 1. The number of rotatable bonds is 6. The van der Waals surface area contributed by atoms with Gasteiger partial charge in [-0.3, -0.25) is 14.4 Å². The van der Waals surface area contributed by atoms with Crippen LogP contribution in [-0.2, 0) is 11.3 Å². The van der Waals surface area contributed by atoms with Crippen LogP contribution in [0.2, 0.25) is 0 Å². The van der Waals surface area contributed by atoms with Crippen LogP contribution in [0.25, 0.3) is 0 Å². The Morgan fingerprint density at radius 2 is 1.87 bits per heavy atom. The van der Waals surface area contributed by atoms with Crippen molar-refractivity contribution in [3.63, 3.8) is 0 Å². The Hall–Kier alpha value is -2.67. The van der Waals surface area contributed by atoms with Gasteiger partial charge in [-0.25, -0.2) is 0 Å². The summed E-state index contributed by atoms with van der Waals surface area (Å²) in [5, 5.41) is 1.90. The number of carbonyl (C=O) groups is 3. The average Bonchev–Trinajstić information content (AvgIpc) is 3.31. The SMILES string of the molecule is CCN(Cc1ccc(C(=O)N(C)C)cc1)C(=O)C1CCCN(C(=O)c2cccs2)C1. The summed E-state index contributed by atoms with van der Waals surface area (Å²) in [5.74, 6) is -0.0961. The summed E-state index contributed by atoms with van der Waals surface area (Å²) in [6.07, 6.45) is 1.65. The first-order chi connectivity index (χ1) is 14.4. The number of benzene rings is 1. The van der Waals surface area contributed by atoms with E-state index in [0.717, 1.165) is 23.3 Å². The van der Waals surface area contributed by atoms with Crippen LogP contribution in [-0.4, -0.2) is 66.2 Å². The fourth-order valence-electron chi connectivity index (χ4n) is 3.75. The van der Waals surface area contributed by atoms with E-state index in [-0.39, 0.29) is 23.6 Å². The zero-order chi connectivity index (χ0) is 21.7. The van der Waals surface area contributed by atoms with E-state index in [1.54, 1.807) is 31.1 Å². The molecule has 2 aromatic rings. The number of hydrogen-bond acceptors (Lipinski definition) is 4. The summed E-state index contributed by atoms with van der Waals surface area (Å²) in [5.41, 5.74) is 1.62. The summed E-state index contributed by atoms with van der Waals surface area (Å²) in [6.45, 7) is 4.25. The van der Waals surface area contributed by atoms with Crippen LogP contribution in [0.15, 0.2) is 41.8 Å². The molecule has 3 rings (SSSR count). The fraction of sp³-hybridized carbons (Fsp3) is 0.435. The van der Waals surface area contributed by atoms with Crippen molar-refractivity contribution in [3.8, 4) is 0 Å². The van der Waals surface area contributed by atoms with E-state index in [2.05, 4.69) is 0 Å². The maximum Gasteiger partial charge on any atom is 0.263 e. The van der Waals surface area contributed by atoms with E-state index in [4.69, 9.17) is 0 Å². The Morgan fingerprint density at radius 1 is 1.13 bits per heavy atom. The van der Waals surface area contributed by atoms with Gasteiger partial charge in [0.2, 0.25) is 5.91 Å². The van der Waals surface area contributed by atoms with Crippen molar-refractivity contribution in [2.45, 2.75) is 26.3 Å². The molecule has 1 aliphatic rings. The van der Waals surface area contributed by atoms with Crippen molar-refractivity contribution in [1.82, 2.24) is 14.7 Å². The molecule has 0 aliphatic carbocycles. The van der Waals surface area contributed by atoms with Gasteiger partial charge in [-0.15, -0.1) is 11.3 Å². The zero-order valence-electron chi connectivity index (χ0n) is 17.8. The third-order valence-corrected chi connectivity index (χ3v) is 6.32. The minimum Gasteiger partial charge on any atom is -0.345 e. The van der Waals surface area contributed by atoms with E-state index < -0.39 is 0 Å². The van der Waals surface area contributed by atoms with Crippen LogP contribution in [0.5, 0.6) is 0 Å². The molecule has 1 fully saturated rings. The largest absolute Gasteiger partial charge is 0.345 e. The van der Waals surface area contributed by atoms with Crippen LogP contribution >= 0.6 is 11.3 Å². The highest BCUT2D eigenvalue weighted by Gasteiger charge is 2.31. The van der Waals surface area contributed by atoms with Gasteiger partial charge >= 0.3 is 0 Å². The molecule has 1 saturated heterocycles. The highest BCUT2D eigenvalue weighted by atomic mass is 32.1. The lowest BCUT2D eigenvalue weighted by molar-refractivity contribution is -0.137. The summed E-state index contributed by atoms with van der Waals surface area (Å²) >= 11 is 1.44. The number of carbonyl (C=O) groups excluding carboxylic acids is 3. The molecule has 30 heavy (non-hydrogen) atoms. The molecule has 1 aromatic carbocycles. The molecule has 1 aliphatic heterocycles. The van der Waals surface area contributed by atoms with Crippen LogP contribution in [0.4, 0.5) is 0 Å². The fourth-order valence-corrected chi connectivity index (χ4v) is 4.45. The van der Waals surface area contributed by atoms with Crippen LogP contribution in [0.3, 0.4) is 0 Å². The van der Waals surface area contributed by atoms with Crippen LogP contribution < -0.4 is 0 Å². The lowest BCUT2D eigenvalue weighted by atomic mass is 9.96. The molecule has 7 heteroatoms. The third-order valence-electron chi connectivity index (χ3n) is 5.46. The topological polar surface area (TPSA) is 60.9 Å². The summed E-state index contributed by atoms with van der Waals surface area (Å²) in [6, 6.07) is 11.1.